The van der Waals surface area contributed by atoms with Gasteiger partial charge in [-0.25, -0.2) is 4.98 Å². The first-order valence-electron chi connectivity index (χ1n) is 11.4. The summed E-state index contributed by atoms with van der Waals surface area (Å²) in [5.41, 5.74) is 1.68. The highest BCUT2D eigenvalue weighted by Gasteiger charge is 2.30. The third-order valence-corrected chi connectivity index (χ3v) is 6.09. The predicted octanol–water partition coefficient (Wildman–Crippen LogP) is 0.563. The number of nitrogens with zero attached hydrogens (tertiary/aromatic N) is 5. The van der Waals surface area contributed by atoms with E-state index in [1.54, 1.807) is 23.5 Å². The molecule has 0 aliphatic carbocycles. The van der Waals surface area contributed by atoms with Gasteiger partial charge in [0.15, 0.2) is 0 Å². The Bertz CT molecular complexity index is 1170. The van der Waals surface area contributed by atoms with Crippen LogP contribution in [0.2, 0.25) is 0 Å². The fourth-order valence-corrected chi connectivity index (χ4v) is 4.02. The Morgan fingerprint density at radius 3 is 2.41 bits per heavy atom. The van der Waals surface area contributed by atoms with Crippen molar-refractivity contribution < 1.29 is 18.0 Å². The van der Waals surface area contributed by atoms with E-state index in [4.69, 9.17) is 0 Å². The molecule has 34 heavy (non-hydrogen) atoms. The maximum Gasteiger partial charge on any atom is 0.390 e. The fourth-order valence-electron chi connectivity index (χ4n) is 4.02. The molecule has 1 N–H and O–H groups in total. The zero-order valence-corrected chi connectivity index (χ0v) is 19.6. The molecule has 3 aromatic rings. The molecule has 176 valence electrons. The number of nitrogens with one attached hydrogen (secondary N) is 1. The Morgan fingerprint density at radius 1 is 1.06 bits per heavy atom. The molecule has 0 saturated carbocycles. The fraction of sp³-hybridized carbons (Fsp3) is 0.429. The number of amides is 1. The van der Waals surface area contributed by atoms with E-state index in [1.165, 1.54) is 0 Å². The van der Waals surface area contributed by atoms with Crippen molar-refractivity contribution in [1.29, 1.82) is 0 Å². The van der Waals surface area contributed by atoms with Gasteiger partial charge in [0.1, 0.15) is 29.4 Å². The zero-order chi connectivity index (χ0) is 24.5. The van der Waals surface area contributed by atoms with Gasteiger partial charge >= 0.3 is 6.18 Å². The molecule has 0 unspecified atom stereocenters. The summed E-state index contributed by atoms with van der Waals surface area (Å²) in [5.74, 6) is 0.0541. The molecule has 4 heterocycles. The Balaban J connectivity index is 1.41. The second-order valence-electron chi connectivity index (χ2n) is 9.80. The molecule has 1 saturated heterocycles. The van der Waals surface area contributed by atoms with Crippen LogP contribution in [0, 0.1) is 5.92 Å². The maximum absolute atomic E-state index is 12.7. The van der Waals surface area contributed by atoms with Crippen molar-refractivity contribution in [1.82, 2.24) is 24.6 Å². The van der Waals surface area contributed by atoms with E-state index in [0.29, 0.717) is 31.7 Å². The summed E-state index contributed by atoms with van der Waals surface area (Å²) in [4.78, 5) is 23.4. The third-order valence-electron chi connectivity index (χ3n) is 6.09. The largest absolute Gasteiger partial charge is 0.390 e. The lowest BCUT2D eigenvalue weighted by Gasteiger charge is -2.31. The second kappa shape index (κ2) is 9.44. The first-order valence-corrected chi connectivity index (χ1v) is 11.4. The summed E-state index contributed by atoms with van der Waals surface area (Å²) in [6.07, 6.45) is 3.24. The van der Waals surface area contributed by atoms with Crippen LogP contribution in [0.25, 0.3) is 22.0 Å². The average Bonchev–Trinajstić information content (AvgIpc) is 3.28. The number of hydrogen-bond donors (Lipinski definition) is 1. The van der Waals surface area contributed by atoms with E-state index in [9.17, 15) is 18.0 Å². The van der Waals surface area contributed by atoms with Crippen LogP contribution in [0.1, 0.15) is 19.3 Å². The van der Waals surface area contributed by atoms with Crippen molar-refractivity contribution in [2.45, 2.75) is 30.7 Å². The highest BCUT2D eigenvalue weighted by atomic mass is 19.4. The van der Waals surface area contributed by atoms with E-state index < -0.39 is 12.6 Å². The van der Waals surface area contributed by atoms with Gasteiger partial charge in [-0.2, -0.15) is 18.3 Å². The lowest BCUT2D eigenvalue weighted by molar-refractivity contribution is -0.139. The summed E-state index contributed by atoms with van der Waals surface area (Å²) in [6, 6.07) is 3.75. The van der Waals surface area contributed by atoms with Crippen LogP contribution < -0.4 is 5.32 Å². The Kier molecular flexibility index (Phi) is 6.75. The van der Waals surface area contributed by atoms with Crippen molar-refractivity contribution in [3.63, 3.8) is 0 Å². The molecule has 1 aliphatic rings. The topological polar surface area (TPSA) is 75.9 Å². The summed E-state index contributed by atoms with van der Waals surface area (Å²) < 4.78 is 39.2. The Hall–Kier alpha value is -2.82. The molecule has 7 nitrogen and oxygen atoms in total. The number of carbonyl (C=O) groups is 1. The Labute approximate surface area is 198 Å². The number of pyridine rings is 2. The molecule has 0 bridgehead atoms. The number of likely N-dealkylation sites (tertiary alicyclic amines) is 1. The molecule has 1 fully saturated rings. The number of piperidine rings is 1. The van der Waals surface area contributed by atoms with Gasteiger partial charge in [-0.05, 0) is 48.7 Å². The smallest absolute Gasteiger partial charge is 0.310 e. The van der Waals surface area contributed by atoms with Crippen molar-refractivity contribution in [3.8, 4) is 11.3 Å². The number of anilines is 1. The first-order chi connectivity index (χ1) is 16.0. The van der Waals surface area contributed by atoms with Crippen LogP contribution in [-0.4, -0.2) is 79.9 Å². The minimum atomic E-state index is -4.15. The highest BCUT2D eigenvalue weighted by molar-refractivity contribution is 6.56. The standard InChI is InChI=1S/C21H26B3F3N6O/c22-21(23,24)33-12-16(11-30-33)17-7-14-8-18(29-10-15(14)9-28-17)31-19(34)13-1-4-32(5-2-13)6-3-20(25,26)27/h7-13H,1-6,22-24H2,(H,29,31,34). The molecule has 0 radical (unpaired) electrons. The normalized spacial score (nSPS) is 16.1. The number of halogens is 3. The lowest BCUT2D eigenvalue weighted by Crippen LogP contribution is -2.39. The molecule has 1 amide bonds. The molecule has 13 heteroatoms. The van der Waals surface area contributed by atoms with Gasteiger partial charge in [0, 0.05) is 42.0 Å². The number of fused-ring (bicyclic) bond motifs is 1. The minimum Gasteiger partial charge on any atom is -0.310 e. The van der Waals surface area contributed by atoms with Crippen LogP contribution in [0.15, 0.2) is 36.9 Å². The lowest BCUT2D eigenvalue weighted by atomic mass is 9.49. The monoisotopic (exact) mass is 468 g/mol. The van der Waals surface area contributed by atoms with E-state index in [-0.39, 0.29) is 23.6 Å². The molecular weight excluding hydrogens is 442 g/mol. The highest BCUT2D eigenvalue weighted by Crippen LogP contribution is 2.26. The average molecular weight is 468 g/mol. The van der Waals surface area contributed by atoms with Gasteiger partial charge in [0.25, 0.3) is 0 Å². The summed E-state index contributed by atoms with van der Waals surface area (Å²) in [5, 5.41) is 8.91. The third kappa shape index (κ3) is 6.00. The van der Waals surface area contributed by atoms with Crippen LogP contribution >= 0.6 is 0 Å². The molecule has 1 aliphatic heterocycles. The quantitative estimate of drug-likeness (QED) is 0.536. The minimum absolute atomic E-state index is 0.0188. The number of aromatic nitrogens is 4. The first kappa shape index (κ1) is 24.3. The van der Waals surface area contributed by atoms with Crippen LogP contribution in [-0.2, 0) is 10.0 Å². The van der Waals surface area contributed by atoms with Crippen LogP contribution in [0.5, 0.6) is 0 Å². The van der Waals surface area contributed by atoms with E-state index in [2.05, 4.69) is 43.9 Å². The van der Waals surface area contributed by atoms with E-state index in [1.807, 2.05) is 23.0 Å². The predicted molar refractivity (Wildman–Crippen MR) is 133 cm³/mol. The molecular formula is C21H26B3F3N6O. The number of hydrogen-bond acceptors (Lipinski definition) is 5. The number of rotatable bonds is 6. The van der Waals surface area contributed by atoms with Crippen molar-refractivity contribution >= 4 is 46.0 Å². The van der Waals surface area contributed by atoms with Gasteiger partial charge in [-0.15, -0.1) is 0 Å². The Morgan fingerprint density at radius 2 is 1.76 bits per heavy atom. The summed E-state index contributed by atoms with van der Waals surface area (Å²) in [6.45, 7) is 0.947. The van der Waals surface area contributed by atoms with Crippen LogP contribution in [0.4, 0.5) is 19.0 Å². The number of carbonyl (C=O) groups excluding carboxylic acids is 1. The molecule has 0 spiro atoms. The van der Waals surface area contributed by atoms with Crippen molar-refractivity contribution in [3.05, 3.63) is 36.9 Å². The molecule has 3 aromatic heterocycles. The molecule has 4 rings (SSSR count). The van der Waals surface area contributed by atoms with Gasteiger partial charge in [-0.3, -0.25) is 14.5 Å². The van der Waals surface area contributed by atoms with E-state index in [0.717, 1.165) is 22.0 Å². The van der Waals surface area contributed by atoms with Crippen LogP contribution in [0.3, 0.4) is 0 Å². The van der Waals surface area contributed by atoms with E-state index >= 15 is 0 Å². The summed E-state index contributed by atoms with van der Waals surface area (Å²) >= 11 is 0. The SMILES string of the molecule is BC(B)(B)n1cc(-c2cc3cc(NC(=O)C4CCN(CCC(F)(F)F)CC4)ncc3cn2)cn1. The van der Waals surface area contributed by atoms with Crippen molar-refractivity contribution in [2.75, 3.05) is 25.0 Å². The van der Waals surface area contributed by atoms with Gasteiger partial charge in [0.05, 0.1) is 18.3 Å². The van der Waals surface area contributed by atoms with Gasteiger partial charge in [-0.1, -0.05) is 0 Å². The zero-order valence-electron chi connectivity index (χ0n) is 19.6. The van der Waals surface area contributed by atoms with Gasteiger partial charge < -0.3 is 10.2 Å². The maximum atomic E-state index is 12.7. The van der Waals surface area contributed by atoms with Gasteiger partial charge in [0.2, 0.25) is 5.91 Å². The van der Waals surface area contributed by atoms with Crippen molar-refractivity contribution in [2.24, 2.45) is 5.92 Å². The number of alkyl halides is 3. The summed E-state index contributed by atoms with van der Waals surface area (Å²) in [7, 11) is 6.22. The second-order valence-corrected chi connectivity index (χ2v) is 9.80. The molecule has 0 atom stereocenters. The molecule has 0 aromatic carbocycles.